The molecule has 5 nitrogen and oxygen atoms in total. The maximum atomic E-state index is 12.5. The predicted molar refractivity (Wildman–Crippen MR) is 96.7 cm³/mol. The highest BCUT2D eigenvalue weighted by molar-refractivity contribution is 5.89. The Kier molecular flexibility index (Phi) is 5.67. The fraction of sp³-hybridized carbons (Fsp3) is 0.333. The first-order chi connectivity index (χ1) is 12.6. The molecule has 0 spiro atoms. The van der Waals surface area contributed by atoms with Crippen molar-refractivity contribution < 1.29 is 14.4 Å². The van der Waals surface area contributed by atoms with Gasteiger partial charge in [-0.3, -0.25) is 4.84 Å². The Labute approximate surface area is 153 Å². The summed E-state index contributed by atoms with van der Waals surface area (Å²) >= 11 is 0. The minimum absolute atomic E-state index is 0.144. The molecule has 0 saturated carbocycles. The molecule has 1 heterocycles. The summed E-state index contributed by atoms with van der Waals surface area (Å²) < 4.78 is 5.71. The van der Waals surface area contributed by atoms with Gasteiger partial charge in [-0.05, 0) is 23.6 Å². The maximum Gasteiger partial charge on any atom is 0.338 e. The average Bonchev–Trinajstić information content (AvgIpc) is 3.00. The number of ether oxygens (including phenoxy) is 1. The number of carbonyl (C=O) groups excluding carboxylic acids is 1. The van der Waals surface area contributed by atoms with Crippen LogP contribution in [0, 0.1) is 17.2 Å². The molecule has 0 aromatic heterocycles. The lowest BCUT2D eigenvalue weighted by Gasteiger charge is -2.28. The SMILES string of the molecule is CC(C)[C@H]1[C@H](OC(=O)c2ccccc2)[C@@H](C#N)ON1Cc1ccccc1. The number of carbonyl (C=O) groups is 1. The van der Waals surface area contributed by atoms with Gasteiger partial charge in [0.25, 0.3) is 0 Å². The van der Waals surface area contributed by atoms with E-state index in [1.807, 2.05) is 50.2 Å². The zero-order valence-corrected chi connectivity index (χ0v) is 14.9. The van der Waals surface area contributed by atoms with Gasteiger partial charge in [-0.1, -0.05) is 62.4 Å². The molecule has 1 fully saturated rings. The van der Waals surface area contributed by atoms with Gasteiger partial charge in [-0.2, -0.15) is 10.3 Å². The minimum Gasteiger partial charge on any atom is -0.453 e. The Morgan fingerprint density at radius 3 is 2.35 bits per heavy atom. The van der Waals surface area contributed by atoms with Crippen molar-refractivity contribution in [3.05, 3.63) is 71.8 Å². The summed E-state index contributed by atoms with van der Waals surface area (Å²) in [6.45, 7) is 4.60. The summed E-state index contributed by atoms with van der Waals surface area (Å²) in [5.74, 6) is -0.294. The van der Waals surface area contributed by atoms with E-state index in [9.17, 15) is 10.1 Å². The van der Waals surface area contributed by atoms with E-state index in [-0.39, 0.29) is 12.0 Å². The van der Waals surface area contributed by atoms with Crippen LogP contribution in [0.2, 0.25) is 0 Å². The number of benzene rings is 2. The van der Waals surface area contributed by atoms with Crippen LogP contribution in [0.25, 0.3) is 0 Å². The number of nitrogens with zero attached hydrogens (tertiary/aromatic N) is 2. The summed E-state index contributed by atoms with van der Waals surface area (Å²) in [6.07, 6.45) is -1.46. The standard InChI is InChI=1S/C21H22N2O3/c1-15(2)19-20(25-21(24)17-11-7-4-8-12-17)18(13-22)26-23(19)14-16-9-5-3-6-10-16/h3-12,15,18-20H,14H2,1-2H3/t18-,19+,20-/m1/s1. The monoisotopic (exact) mass is 350 g/mol. The van der Waals surface area contributed by atoms with E-state index in [1.54, 1.807) is 29.3 Å². The van der Waals surface area contributed by atoms with Crippen LogP contribution >= 0.6 is 0 Å². The number of hydroxylamine groups is 2. The van der Waals surface area contributed by atoms with Gasteiger partial charge in [-0.15, -0.1) is 0 Å². The summed E-state index contributed by atoms with van der Waals surface area (Å²) in [5.41, 5.74) is 1.54. The van der Waals surface area contributed by atoms with Crippen LogP contribution in [0.3, 0.4) is 0 Å². The number of hydrogen-bond acceptors (Lipinski definition) is 5. The smallest absolute Gasteiger partial charge is 0.338 e. The number of rotatable bonds is 5. The summed E-state index contributed by atoms with van der Waals surface area (Å²) in [5, 5.41) is 11.3. The largest absolute Gasteiger partial charge is 0.453 e. The molecule has 5 heteroatoms. The van der Waals surface area contributed by atoms with E-state index >= 15 is 0 Å². The second kappa shape index (κ2) is 8.13. The summed E-state index contributed by atoms with van der Waals surface area (Å²) in [4.78, 5) is 18.3. The fourth-order valence-electron chi connectivity index (χ4n) is 3.23. The molecule has 1 aliphatic heterocycles. The normalized spacial score (nSPS) is 22.9. The van der Waals surface area contributed by atoms with Gasteiger partial charge in [0.2, 0.25) is 6.10 Å². The molecule has 2 aromatic rings. The molecule has 26 heavy (non-hydrogen) atoms. The molecule has 0 unspecified atom stereocenters. The number of nitriles is 1. The first-order valence-corrected chi connectivity index (χ1v) is 8.73. The highest BCUT2D eigenvalue weighted by Gasteiger charge is 2.47. The van der Waals surface area contributed by atoms with Crippen LogP contribution in [0.5, 0.6) is 0 Å². The molecular formula is C21H22N2O3. The second-order valence-corrected chi connectivity index (χ2v) is 6.69. The molecule has 0 bridgehead atoms. The molecular weight excluding hydrogens is 328 g/mol. The first kappa shape index (κ1) is 18.1. The molecule has 1 saturated heterocycles. The zero-order valence-electron chi connectivity index (χ0n) is 14.9. The van der Waals surface area contributed by atoms with Crippen molar-refractivity contribution in [1.82, 2.24) is 5.06 Å². The maximum absolute atomic E-state index is 12.5. The van der Waals surface area contributed by atoms with Gasteiger partial charge in [0.15, 0.2) is 6.10 Å². The zero-order chi connectivity index (χ0) is 18.5. The van der Waals surface area contributed by atoms with Crippen molar-refractivity contribution in [1.29, 1.82) is 5.26 Å². The van der Waals surface area contributed by atoms with Gasteiger partial charge < -0.3 is 4.74 Å². The van der Waals surface area contributed by atoms with E-state index in [0.29, 0.717) is 12.1 Å². The predicted octanol–water partition coefficient (Wildman–Crippen LogP) is 3.58. The quantitative estimate of drug-likeness (QED) is 0.771. The van der Waals surface area contributed by atoms with Crippen molar-refractivity contribution in [2.24, 2.45) is 5.92 Å². The Morgan fingerprint density at radius 1 is 1.15 bits per heavy atom. The third-order valence-corrected chi connectivity index (χ3v) is 4.46. The number of esters is 1. The highest BCUT2D eigenvalue weighted by atomic mass is 16.7. The number of hydrogen-bond donors (Lipinski definition) is 0. The molecule has 134 valence electrons. The molecule has 0 radical (unpaired) electrons. The lowest BCUT2D eigenvalue weighted by Crippen LogP contribution is -2.42. The molecule has 3 atom stereocenters. The molecule has 0 aliphatic carbocycles. The van der Waals surface area contributed by atoms with Crippen molar-refractivity contribution in [2.75, 3.05) is 0 Å². The Hall–Kier alpha value is -2.68. The molecule has 2 aromatic carbocycles. The minimum atomic E-state index is -0.821. The van der Waals surface area contributed by atoms with Crippen molar-refractivity contribution >= 4 is 5.97 Å². The van der Waals surface area contributed by atoms with Crippen LogP contribution in [0.4, 0.5) is 0 Å². The van der Waals surface area contributed by atoms with E-state index in [4.69, 9.17) is 9.57 Å². The Bertz CT molecular complexity index is 771. The molecule has 0 N–H and O–H groups in total. The summed E-state index contributed by atoms with van der Waals surface area (Å²) in [6, 6.07) is 20.6. The van der Waals surface area contributed by atoms with Crippen molar-refractivity contribution in [3.63, 3.8) is 0 Å². The van der Waals surface area contributed by atoms with Crippen molar-refractivity contribution in [3.8, 4) is 6.07 Å². The van der Waals surface area contributed by atoms with E-state index in [2.05, 4.69) is 6.07 Å². The molecule has 1 aliphatic rings. The first-order valence-electron chi connectivity index (χ1n) is 8.73. The van der Waals surface area contributed by atoms with Gasteiger partial charge in [-0.25, -0.2) is 4.79 Å². The Morgan fingerprint density at radius 2 is 1.77 bits per heavy atom. The van der Waals surface area contributed by atoms with Gasteiger partial charge in [0.05, 0.1) is 11.6 Å². The lowest BCUT2D eigenvalue weighted by atomic mass is 9.95. The Balaban J connectivity index is 1.80. The topological polar surface area (TPSA) is 62.6 Å². The molecule has 3 rings (SSSR count). The van der Waals surface area contributed by atoms with Crippen LogP contribution in [0.15, 0.2) is 60.7 Å². The second-order valence-electron chi connectivity index (χ2n) is 6.69. The van der Waals surface area contributed by atoms with Gasteiger partial charge in [0.1, 0.15) is 6.07 Å². The van der Waals surface area contributed by atoms with E-state index < -0.39 is 18.2 Å². The fourth-order valence-corrected chi connectivity index (χ4v) is 3.23. The van der Waals surface area contributed by atoms with Gasteiger partial charge in [0, 0.05) is 6.54 Å². The van der Waals surface area contributed by atoms with E-state index in [0.717, 1.165) is 5.56 Å². The third kappa shape index (κ3) is 3.93. The van der Waals surface area contributed by atoms with Crippen LogP contribution in [-0.2, 0) is 16.1 Å². The van der Waals surface area contributed by atoms with Crippen molar-refractivity contribution in [2.45, 2.75) is 38.6 Å². The van der Waals surface area contributed by atoms with Crippen LogP contribution < -0.4 is 0 Å². The summed E-state index contributed by atoms with van der Waals surface area (Å²) in [7, 11) is 0. The average molecular weight is 350 g/mol. The van der Waals surface area contributed by atoms with E-state index in [1.165, 1.54) is 0 Å². The van der Waals surface area contributed by atoms with Gasteiger partial charge >= 0.3 is 5.97 Å². The third-order valence-electron chi connectivity index (χ3n) is 4.46. The van der Waals surface area contributed by atoms with Crippen LogP contribution in [0.1, 0.15) is 29.8 Å². The molecule has 0 amide bonds. The highest BCUT2D eigenvalue weighted by Crippen LogP contribution is 2.31. The lowest BCUT2D eigenvalue weighted by molar-refractivity contribution is -0.162. The van der Waals surface area contributed by atoms with Crippen LogP contribution in [-0.4, -0.2) is 29.3 Å².